The van der Waals surface area contributed by atoms with Crippen molar-refractivity contribution in [2.24, 2.45) is 0 Å². The smallest absolute Gasteiger partial charge is 0.268 e. The van der Waals surface area contributed by atoms with Crippen molar-refractivity contribution in [3.63, 3.8) is 0 Å². The molecular weight excluding hydrogens is 178 g/mol. The lowest BCUT2D eigenvalue weighted by molar-refractivity contribution is -0.139. The van der Waals surface area contributed by atoms with Crippen LogP contribution in [0.2, 0.25) is 0 Å². The highest BCUT2D eigenvalue weighted by atomic mass is 16.5. The molecule has 0 saturated heterocycles. The monoisotopic (exact) mass is 189 g/mol. The van der Waals surface area contributed by atoms with Gasteiger partial charge in [0.2, 0.25) is 0 Å². The van der Waals surface area contributed by atoms with E-state index in [1.54, 1.807) is 0 Å². The van der Waals surface area contributed by atoms with Gasteiger partial charge in [0, 0.05) is 0 Å². The quantitative estimate of drug-likeness (QED) is 0.677. The van der Waals surface area contributed by atoms with Gasteiger partial charge in [0.15, 0.2) is 5.60 Å². The molecule has 3 heteroatoms. The average molecular weight is 189 g/mol. The van der Waals surface area contributed by atoms with Gasteiger partial charge in [-0.2, -0.15) is 0 Å². The first-order valence-electron chi connectivity index (χ1n) is 4.90. The van der Waals surface area contributed by atoms with E-state index in [1.807, 2.05) is 24.3 Å². The summed E-state index contributed by atoms with van der Waals surface area (Å²) in [6.07, 6.45) is 2.76. The standard InChI is InChI=1S/C11H11NO2/c13-10-11(6-3-7-11)14-9-5-2-1-4-8(9)12-10/h1-2,4-5H,3,6-7H2,(H,12,13). The molecule has 0 atom stereocenters. The highest BCUT2D eigenvalue weighted by Crippen LogP contribution is 2.43. The third-order valence-corrected chi connectivity index (χ3v) is 3.02. The van der Waals surface area contributed by atoms with Gasteiger partial charge in [-0.05, 0) is 31.4 Å². The van der Waals surface area contributed by atoms with Crippen LogP contribution < -0.4 is 10.1 Å². The van der Waals surface area contributed by atoms with Crippen molar-refractivity contribution in [1.82, 2.24) is 0 Å². The van der Waals surface area contributed by atoms with Crippen LogP contribution >= 0.6 is 0 Å². The second-order valence-corrected chi connectivity index (χ2v) is 3.90. The second kappa shape index (κ2) is 2.50. The van der Waals surface area contributed by atoms with Crippen LogP contribution in [0.5, 0.6) is 5.75 Å². The number of hydrogen-bond acceptors (Lipinski definition) is 2. The number of rotatable bonds is 0. The molecular formula is C11H11NO2. The number of nitrogens with one attached hydrogen (secondary N) is 1. The molecule has 0 radical (unpaired) electrons. The molecule has 0 unspecified atom stereocenters. The van der Waals surface area contributed by atoms with E-state index in [4.69, 9.17) is 4.74 Å². The number of benzene rings is 1. The zero-order valence-corrected chi connectivity index (χ0v) is 7.75. The van der Waals surface area contributed by atoms with Gasteiger partial charge in [-0.3, -0.25) is 4.79 Å². The first kappa shape index (κ1) is 7.85. The van der Waals surface area contributed by atoms with Gasteiger partial charge < -0.3 is 10.1 Å². The third kappa shape index (κ3) is 0.895. The summed E-state index contributed by atoms with van der Waals surface area (Å²) in [5.41, 5.74) is 0.240. The Hall–Kier alpha value is -1.51. The lowest BCUT2D eigenvalue weighted by Crippen LogP contribution is -2.55. The number of ether oxygens (including phenoxy) is 1. The van der Waals surface area contributed by atoms with Crippen molar-refractivity contribution < 1.29 is 9.53 Å². The van der Waals surface area contributed by atoms with Crippen LogP contribution in [-0.2, 0) is 4.79 Å². The van der Waals surface area contributed by atoms with E-state index in [2.05, 4.69) is 5.32 Å². The summed E-state index contributed by atoms with van der Waals surface area (Å²) in [5, 5.41) is 2.89. The number of fused-ring (bicyclic) bond motifs is 1. The Morgan fingerprint density at radius 3 is 2.79 bits per heavy atom. The molecule has 1 spiro atoms. The topological polar surface area (TPSA) is 38.3 Å². The van der Waals surface area contributed by atoms with Gasteiger partial charge in [0.25, 0.3) is 5.91 Å². The summed E-state index contributed by atoms with van der Waals surface area (Å²) in [6, 6.07) is 7.57. The molecule has 3 rings (SSSR count). The number of para-hydroxylation sites is 2. The molecule has 1 aliphatic heterocycles. The second-order valence-electron chi connectivity index (χ2n) is 3.90. The predicted octanol–water partition coefficient (Wildman–Crippen LogP) is 1.94. The van der Waals surface area contributed by atoms with Crippen LogP contribution in [0, 0.1) is 0 Å². The number of carbonyl (C=O) groups is 1. The number of hydrogen-bond donors (Lipinski definition) is 1. The molecule has 3 nitrogen and oxygen atoms in total. The fraction of sp³-hybridized carbons (Fsp3) is 0.364. The Balaban J connectivity index is 2.03. The Morgan fingerprint density at radius 2 is 2.07 bits per heavy atom. The van der Waals surface area contributed by atoms with Crippen molar-refractivity contribution in [2.45, 2.75) is 24.9 Å². The molecule has 1 heterocycles. The van der Waals surface area contributed by atoms with Crippen molar-refractivity contribution in [3.8, 4) is 5.75 Å². The summed E-state index contributed by atoms with van der Waals surface area (Å²) >= 11 is 0. The van der Waals surface area contributed by atoms with Gasteiger partial charge in [-0.15, -0.1) is 0 Å². The van der Waals surface area contributed by atoms with Gasteiger partial charge >= 0.3 is 0 Å². The van der Waals surface area contributed by atoms with E-state index in [1.165, 1.54) is 0 Å². The van der Waals surface area contributed by atoms with Crippen LogP contribution in [0.4, 0.5) is 5.69 Å². The minimum atomic E-state index is -0.547. The first-order valence-corrected chi connectivity index (χ1v) is 4.90. The fourth-order valence-electron chi connectivity index (χ4n) is 1.98. The lowest BCUT2D eigenvalue weighted by atomic mass is 9.78. The zero-order chi connectivity index (χ0) is 9.60. The van der Waals surface area contributed by atoms with E-state index in [0.717, 1.165) is 30.7 Å². The van der Waals surface area contributed by atoms with Crippen molar-refractivity contribution in [2.75, 3.05) is 5.32 Å². The van der Waals surface area contributed by atoms with Crippen LogP contribution in [0.1, 0.15) is 19.3 Å². The minimum absolute atomic E-state index is 0.0162. The maximum absolute atomic E-state index is 11.7. The molecule has 1 aliphatic carbocycles. The van der Waals surface area contributed by atoms with E-state index in [-0.39, 0.29) is 5.91 Å². The molecule has 0 bridgehead atoms. The van der Waals surface area contributed by atoms with E-state index < -0.39 is 5.60 Å². The summed E-state index contributed by atoms with van der Waals surface area (Å²) in [6.45, 7) is 0. The largest absolute Gasteiger partial charge is 0.475 e. The highest BCUT2D eigenvalue weighted by molar-refractivity contribution is 6.01. The number of amides is 1. The molecule has 14 heavy (non-hydrogen) atoms. The van der Waals surface area contributed by atoms with Crippen LogP contribution in [0.3, 0.4) is 0 Å². The Morgan fingerprint density at radius 1 is 1.29 bits per heavy atom. The molecule has 1 fully saturated rings. The summed E-state index contributed by atoms with van der Waals surface area (Å²) in [4.78, 5) is 11.7. The molecule has 72 valence electrons. The molecule has 1 aromatic rings. The summed E-state index contributed by atoms with van der Waals surface area (Å²) in [7, 11) is 0. The fourth-order valence-corrected chi connectivity index (χ4v) is 1.98. The average Bonchev–Trinajstić information content (AvgIpc) is 2.14. The molecule has 1 amide bonds. The van der Waals surface area contributed by atoms with E-state index in [9.17, 15) is 4.79 Å². The SMILES string of the molecule is O=C1Nc2ccccc2OC12CCC2. The lowest BCUT2D eigenvalue weighted by Gasteiger charge is -2.43. The normalized spacial score (nSPS) is 21.9. The van der Waals surface area contributed by atoms with Crippen LogP contribution in [-0.4, -0.2) is 11.5 Å². The molecule has 1 aromatic carbocycles. The van der Waals surface area contributed by atoms with Gasteiger partial charge in [-0.25, -0.2) is 0 Å². The van der Waals surface area contributed by atoms with Crippen molar-refractivity contribution >= 4 is 11.6 Å². The van der Waals surface area contributed by atoms with Gasteiger partial charge in [0.05, 0.1) is 5.69 Å². The van der Waals surface area contributed by atoms with E-state index in [0.29, 0.717) is 0 Å². The first-order chi connectivity index (χ1) is 6.80. The van der Waals surface area contributed by atoms with Gasteiger partial charge in [-0.1, -0.05) is 12.1 Å². The number of anilines is 1. The van der Waals surface area contributed by atoms with Crippen LogP contribution in [0.15, 0.2) is 24.3 Å². The minimum Gasteiger partial charge on any atom is -0.475 e. The molecule has 2 aliphatic rings. The van der Waals surface area contributed by atoms with Crippen LogP contribution in [0.25, 0.3) is 0 Å². The maximum Gasteiger partial charge on any atom is 0.268 e. The van der Waals surface area contributed by atoms with E-state index >= 15 is 0 Å². The Bertz CT molecular complexity index is 396. The Kier molecular flexibility index (Phi) is 1.40. The third-order valence-electron chi connectivity index (χ3n) is 3.02. The maximum atomic E-state index is 11.7. The highest BCUT2D eigenvalue weighted by Gasteiger charge is 2.49. The van der Waals surface area contributed by atoms with Crippen molar-refractivity contribution in [1.29, 1.82) is 0 Å². The summed E-state index contributed by atoms with van der Waals surface area (Å²) in [5.74, 6) is 0.814. The molecule has 1 N–H and O–H groups in total. The Labute approximate surface area is 82.1 Å². The molecule has 1 saturated carbocycles. The van der Waals surface area contributed by atoms with Crippen molar-refractivity contribution in [3.05, 3.63) is 24.3 Å². The molecule has 0 aromatic heterocycles. The zero-order valence-electron chi connectivity index (χ0n) is 7.75. The summed E-state index contributed by atoms with van der Waals surface area (Å²) < 4.78 is 5.76. The number of carbonyl (C=O) groups excluding carboxylic acids is 1. The van der Waals surface area contributed by atoms with Gasteiger partial charge in [0.1, 0.15) is 5.75 Å². The predicted molar refractivity (Wildman–Crippen MR) is 52.3 cm³/mol.